The molecular formula is C12H23NO3. The van der Waals surface area contributed by atoms with Crippen molar-refractivity contribution in [1.29, 1.82) is 0 Å². The van der Waals surface area contributed by atoms with E-state index in [4.69, 9.17) is 9.47 Å². The van der Waals surface area contributed by atoms with Crippen LogP contribution in [-0.4, -0.2) is 42.9 Å². The number of hydrogen-bond donors (Lipinski definition) is 0. The summed E-state index contributed by atoms with van der Waals surface area (Å²) in [5.74, 6) is 0. The van der Waals surface area contributed by atoms with Gasteiger partial charge in [0.2, 0.25) is 0 Å². The zero-order chi connectivity index (χ0) is 12.0. The number of ether oxygens (including phenoxy) is 2. The standard InChI is InChI=1S/C12H23NO3/c1-4-15-10(2)11(3)16-12(14)13-8-6-5-7-9-13/h10-11H,4-9H2,1-3H3. The minimum atomic E-state index is -0.196. The van der Waals surface area contributed by atoms with Crippen molar-refractivity contribution >= 4 is 6.09 Å². The molecule has 1 heterocycles. The van der Waals surface area contributed by atoms with E-state index >= 15 is 0 Å². The molecule has 0 aromatic carbocycles. The van der Waals surface area contributed by atoms with Crippen LogP contribution in [0.15, 0.2) is 0 Å². The summed E-state index contributed by atoms with van der Waals surface area (Å²) in [6.45, 7) is 8.05. The van der Waals surface area contributed by atoms with Crippen LogP contribution >= 0.6 is 0 Å². The second-order valence-electron chi connectivity index (χ2n) is 4.30. The van der Waals surface area contributed by atoms with Crippen molar-refractivity contribution in [1.82, 2.24) is 4.90 Å². The van der Waals surface area contributed by atoms with Gasteiger partial charge in [0, 0.05) is 19.7 Å². The van der Waals surface area contributed by atoms with Crippen LogP contribution in [0.5, 0.6) is 0 Å². The number of hydrogen-bond acceptors (Lipinski definition) is 3. The third kappa shape index (κ3) is 4.00. The molecule has 1 fully saturated rings. The maximum atomic E-state index is 11.8. The van der Waals surface area contributed by atoms with Gasteiger partial charge < -0.3 is 14.4 Å². The Morgan fingerprint density at radius 1 is 1.19 bits per heavy atom. The fourth-order valence-electron chi connectivity index (χ4n) is 1.80. The highest BCUT2D eigenvalue weighted by atomic mass is 16.6. The van der Waals surface area contributed by atoms with E-state index in [9.17, 15) is 4.79 Å². The van der Waals surface area contributed by atoms with Gasteiger partial charge in [-0.3, -0.25) is 0 Å². The predicted octanol–water partition coefficient (Wildman–Crippen LogP) is 2.42. The lowest BCUT2D eigenvalue weighted by Gasteiger charge is -2.28. The molecule has 4 heteroatoms. The molecule has 1 aliphatic rings. The van der Waals surface area contributed by atoms with Crippen molar-refractivity contribution in [3.8, 4) is 0 Å². The summed E-state index contributed by atoms with van der Waals surface area (Å²) in [7, 11) is 0. The van der Waals surface area contributed by atoms with Crippen LogP contribution < -0.4 is 0 Å². The van der Waals surface area contributed by atoms with Crippen LogP contribution in [0.25, 0.3) is 0 Å². The number of carbonyl (C=O) groups is 1. The number of nitrogens with zero attached hydrogens (tertiary/aromatic N) is 1. The van der Waals surface area contributed by atoms with Gasteiger partial charge in [-0.05, 0) is 40.0 Å². The van der Waals surface area contributed by atoms with Gasteiger partial charge in [0.05, 0.1) is 6.10 Å². The van der Waals surface area contributed by atoms with Gasteiger partial charge in [-0.25, -0.2) is 4.79 Å². The van der Waals surface area contributed by atoms with Gasteiger partial charge in [-0.1, -0.05) is 0 Å². The number of rotatable bonds is 4. The number of piperidine rings is 1. The fourth-order valence-corrected chi connectivity index (χ4v) is 1.80. The fraction of sp³-hybridized carbons (Fsp3) is 0.917. The van der Waals surface area contributed by atoms with Crippen LogP contribution in [0.2, 0.25) is 0 Å². The van der Waals surface area contributed by atoms with Gasteiger partial charge in [0.1, 0.15) is 6.10 Å². The first-order valence-corrected chi connectivity index (χ1v) is 6.22. The van der Waals surface area contributed by atoms with E-state index in [0.29, 0.717) is 6.61 Å². The molecule has 0 spiro atoms. The summed E-state index contributed by atoms with van der Waals surface area (Å²) >= 11 is 0. The monoisotopic (exact) mass is 229 g/mol. The Morgan fingerprint density at radius 3 is 2.38 bits per heavy atom. The Labute approximate surface area is 97.9 Å². The van der Waals surface area contributed by atoms with E-state index in [-0.39, 0.29) is 18.3 Å². The third-order valence-electron chi connectivity index (χ3n) is 2.99. The smallest absolute Gasteiger partial charge is 0.410 e. The Kier molecular flexibility index (Phi) is 5.60. The summed E-state index contributed by atoms with van der Waals surface area (Å²) in [5, 5.41) is 0. The van der Waals surface area contributed by atoms with Crippen molar-refractivity contribution in [2.45, 2.75) is 52.2 Å². The Balaban J connectivity index is 2.31. The first-order valence-electron chi connectivity index (χ1n) is 6.22. The van der Waals surface area contributed by atoms with Crippen molar-refractivity contribution in [3.05, 3.63) is 0 Å². The average molecular weight is 229 g/mol. The van der Waals surface area contributed by atoms with E-state index in [0.717, 1.165) is 25.9 Å². The van der Waals surface area contributed by atoms with Gasteiger partial charge in [-0.2, -0.15) is 0 Å². The van der Waals surface area contributed by atoms with Crippen molar-refractivity contribution < 1.29 is 14.3 Å². The van der Waals surface area contributed by atoms with E-state index in [1.165, 1.54) is 6.42 Å². The molecule has 0 saturated carbocycles. The molecule has 2 atom stereocenters. The molecular weight excluding hydrogens is 206 g/mol. The molecule has 0 aromatic heterocycles. The summed E-state index contributed by atoms with van der Waals surface area (Å²) in [4.78, 5) is 13.6. The Morgan fingerprint density at radius 2 is 1.81 bits per heavy atom. The molecule has 4 nitrogen and oxygen atoms in total. The highest BCUT2D eigenvalue weighted by Gasteiger charge is 2.22. The first kappa shape index (κ1) is 13.3. The molecule has 1 rings (SSSR count). The Bertz CT molecular complexity index is 214. The lowest BCUT2D eigenvalue weighted by molar-refractivity contribution is -0.0324. The maximum Gasteiger partial charge on any atom is 0.410 e. The zero-order valence-corrected chi connectivity index (χ0v) is 10.6. The summed E-state index contributed by atoms with van der Waals surface area (Å²) in [5.41, 5.74) is 0. The quantitative estimate of drug-likeness (QED) is 0.743. The minimum absolute atomic E-state index is 0.0428. The van der Waals surface area contributed by atoms with Crippen LogP contribution in [0.3, 0.4) is 0 Å². The second kappa shape index (κ2) is 6.74. The molecule has 0 aliphatic carbocycles. The zero-order valence-electron chi connectivity index (χ0n) is 10.6. The van der Waals surface area contributed by atoms with Crippen molar-refractivity contribution in [2.24, 2.45) is 0 Å². The van der Waals surface area contributed by atoms with E-state index in [2.05, 4.69) is 0 Å². The van der Waals surface area contributed by atoms with Crippen molar-refractivity contribution in [2.75, 3.05) is 19.7 Å². The lowest BCUT2D eigenvalue weighted by Crippen LogP contribution is -2.40. The molecule has 2 unspecified atom stereocenters. The predicted molar refractivity (Wildman–Crippen MR) is 62.5 cm³/mol. The SMILES string of the molecule is CCOC(C)C(C)OC(=O)N1CCCCC1. The normalized spacial score (nSPS) is 20.3. The van der Waals surface area contributed by atoms with Crippen molar-refractivity contribution in [3.63, 3.8) is 0 Å². The molecule has 0 N–H and O–H groups in total. The number of carbonyl (C=O) groups excluding carboxylic acids is 1. The van der Waals surface area contributed by atoms with Gasteiger partial charge in [-0.15, -0.1) is 0 Å². The number of amides is 1. The molecule has 0 radical (unpaired) electrons. The molecule has 0 bridgehead atoms. The first-order chi connectivity index (χ1) is 7.65. The topological polar surface area (TPSA) is 38.8 Å². The molecule has 0 aromatic rings. The van der Waals surface area contributed by atoms with Gasteiger partial charge in [0.25, 0.3) is 0 Å². The molecule has 1 amide bonds. The van der Waals surface area contributed by atoms with Gasteiger partial charge in [0.15, 0.2) is 0 Å². The molecule has 94 valence electrons. The summed E-state index contributed by atoms with van der Waals surface area (Å²) in [6.07, 6.45) is 2.97. The van der Waals surface area contributed by atoms with Gasteiger partial charge >= 0.3 is 6.09 Å². The molecule has 16 heavy (non-hydrogen) atoms. The van der Waals surface area contributed by atoms with E-state index in [1.807, 2.05) is 20.8 Å². The third-order valence-corrected chi connectivity index (χ3v) is 2.99. The van der Waals surface area contributed by atoms with Crippen LogP contribution in [0, 0.1) is 0 Å². The van der Waals surface area contributed by atoms with Crippen LogP contribution in [0.1, 0.15) is 40.0 Å². The Hall–Kier alpha value is -0.770. The summed E-state index contributed by atoms with van der Waals surface area (Å²) in [6, 6.07) is 0. The lowest BCUT2D eigenvalue weighted by atomic mass is 10.1. The minimum Gasteiger partial charge on any atom is -0.444 e. The highest BCUT2D eigenvalue weighted by Crippen LogP contribution is 2.12. The highest BCUT2D eigenvalue weighted by molar-refractivity contribution is 5.67. The largest absolute Gasteiger partial charge is 0.444 e. The molecule has 1 aliphatic heterocycles. The molecule has 1 saturated heterocycles. The average Bonchev–Trinajstić information content (AvgIpc) is 2.30. The number of likely N-dealkylation sites (tertiary alicyclic amines) is 1. The van der Waals surface area contributed by atoms with E-state index in [1.54, 1.807) is 4.90 Å². The second-order valence-corrected chi connectivity index (χ2v) is 4.30. The maximum absolute atomic E-state index is 11.8. The van der Waals surface area contributed by atoms with E-state index < -0.39 is 0 Å². The summed E-state index contributed by atoms with van der Waals surface area (Å²) < 4.78 is 10.8. The van der Waals surface area contributed by atoms with Crippen LogP contribution in [-0.2, 0) is 9.47 Å². The van der Waals surface area contributed by atoms with Crippen LogP contribution in [0.4, 0.5) is 4.79 Å².